The van der Waals surface area contributed by atoms with E-state index in [0.717, 1.165) is 17.2 Å². The molecule has 5 nitrogen and oxygen atoms in total. The van der Waals surface area contributed by atoms with Gasteiger partial charge in [0.25, 0.3) is 5.91 Å². The quantitative estimate of drug-likeness (QED) is 0.797. The van der Waals surface area contributed by atoms with Crippen LogP contribution >= 0.6 is 0 Å². The number of hydrogen-bond acceptors (Lipinski definition) is 4. The maximum absolute atomic E-state index is 12.7. The van der Waals surface area contributed by atoms with Crippen molar-refractivity contribution in [2.45, 2.75) is 13.8 Å². The van der Waals surface area contributed by atoms with Crippen LogP contribution in [0.15, 0.2) is 30.5 Å². The van der Waals surface area contributed by atoms with Gasteiger partial charge in [-0.1, -0.05) is 12.1 Å². The highest BCUT2D eigenvalue weighted by molar-refractivity contribution is 6.13. The summed E-state index contributed by atoms with van der Waals surface area (Å²) in [6.45, 7) is 4.39. The lowest BCUT2D eigenvalue weighted by Crippen LogP contribution is -2.30. The number of hydrogen-bond donors (Lipinski definition) is 0. The number of para-hydroxylation sites is 1. The van der Waals surface area contributed by atoms with E-state index in [1.54, 1.807) is 11.1 Å². The van der Waals surface area contributed by atoms with Gasteiger partial charge in [-0.3, -0.25) is 4.79 Å². The third kappa shape index (κ3) is 1.74. The van der Waals surface area contributed by atoms with Crippen molar-refractivity contribution in [3.8, 4) is 0 Å². The van der Waals surface area contributed by atoms with Crippen molar-refractivity contribution in [3.63, 3.8) is 0 Å². The van der Waals surface area contributed by atoms with Gasteiger partial charge in [-0.25, -0.2) is 9.97 Å². The predicted octanol–water partition coefficient (Wildman–Crippen LogP) is 2.53. The van der Waals surface area contributed by atoms with E-state index in [2.05, 4.69) is 9.97 Å². The van der Waals surface area contributed by atoms with Gasteiger partial charge in [0, 0.05) is 13.6 Å². The number of aryl methyl sites for hydroxylation is 1. The van der Waals surface area contributed by atoms with Crippen LogP contribution < -0.4 is 9.80 Å². The summed E-state index contributed by atoms with van der Waals surface area (Å²) in [5.41, 5.74) is 2.31. The first-order chi connectivity index (χ1) is 9.63. The predicted molar refractivity (Wildman–Crippen MR) is 78.6 cm³/mol. The van der Waals surface area contributed by atoms with Crippen molar-refractivity contribution in [2.75, 3.05) is 23.4 Å². The number of aromatic nitrogens is 2. The van der Waals surface area contributed by atoms with Crippen molar-refractivity contribution in [3.05, 3.63) is 41.9 Å². The molecule has 2 heterocycles. The highest BCUT2D eigenvalue weighted by Gasteiger charge is 2.29. The van der Waals surface area contributed by atoms with E-state index in [-0.39, 0.29) is 5.91 Å². The minimum Gasteiger partial charge on any atom is -0.327 e. The molecule has 0 saturated heterocycles. The molecule has 1 amide bonds. The van der Waals surface area contributed by atoms with E-state index in [0.29, 0.717) is 17.9 Å². The summed E-state index contributed by atoms with van der Waals surface area (Å²) in [7, 11) is 1.93. The van der Waals surface area contributed by atoms with Crippen molar-refractivity contribution < 1.29 is 4.79 Å². The molecule has 0 unspecified atom stereocenters. The minimum atomic E-state index is -0.0128. The molecule has 20 heavy (non-hydrogen) atoms. The van der Waals surface area contributed by atoms with Crippen LogP contribution in [-0.2, 0) is 0 Å². The molecule has 1 aliphatic rings. The summed E-state index contributed by atoms with van der Waals surface area (Å²) < 4.78 is 0. The van der Waals surface area contributed by atoms with E-state index in [4.69, 9.17) is 0 Å². The standard InChI is InChI=1S/C15H16N4O/c1-4-19-13-9-16-10(2)17-14(13)18(3)12-8-6-5-7-11(12)15(19)20/h5-9H,4H2,1-3H3. The third-order valence-electron chi connectivity index (χ3n) is 3.54. The molecule has 0 bridgehead atoms. The largest absolute Gasteiger partial charge is 0.327 e. The second-order valence-corrected chi connectivity index (χ2v) is 4.75. The van der Waals surface area contributed by atoms with Gasteiger partial charge < -0.3 is 9.80 Å². The Labute approximate surface area is 117 Å². The number of nitrogens with zero attached hydrogens (tertiary/aromatic N) is 4. The Balaban J connectivity index is 2.31. The zero-order valence-corrected chi connectivity index (χ0v) is 11.8. The van der Waals surface area contributed by atoms with E-state index < -0.39 is 0 Å². The topological polar surface area (TPSA) is 49.3 Å². The van der Waals surface area contributed by atoms with E-state index in [1.165, 1.54) is 0 Å². The number of amides is 1. The molecule has 1 aromatic heterocycles. The molecule has 0 fully saturated rings. The van der Waals surface area contributed by atoms with Crippen LogP contribution in [0.4, 0.5) is 17.2 Å². The zero-order chi connectivity index (χ0) is 14.3. The summed E-state index contributed by atoms with van der Waals surface area (Å²) in [5, 5.41) is 0. The van der Waals surface area contributed by atoms with Crippen molar-refractivity contribution >= 4 is 23.1 Å². The number of benzene rings is 1. The average Bonchev–Trinajstić information content (AvgIpc) is 2.55. The van der Waals surface area contributed by atoms with Gasteiger partial charge in [0.1, 0.15) is 11.5 Å². The molecule has 0 atom stereocenters. The Kier molecular flexibility index (Phi) is 2.89. The zero-order valence-electron chi connectivity index (χ0n) is 11.8. The second kappa shape index (κ2) is 4.59. The number of rotatable bonds is 1. The molecule has 5 heteroatoms. The van der Waals surface area contributed by atoms with Crippen molar-refractivity contribution in [1.82, 2.24) is 9.97 Å². The minimum absolute atomic E-state index is 0.0128. The summed E-state index contributed by atoms with van der Waals surface area (Å²) in [5.74, 6) is 1.44. The first-order valence-electron chi connectivity index (χ1n) is 6.61. The normalized spacial score (nSPS) is 13.8. The molecule has 102 valence electrons. The Morgan fingerprint density at radius 3 is 2.70 bits per heavy atom. The first-order valence-corrected chi connectivity index (χ1v) is 6.61. The Morgan fingerprint density at radius 2 is 1.95 bits per heavy atom. The molecule has 1 aromatic carbocycles. The molecule has 3 rings (SSSR count). The smallest absolute Gasteiger partial charge is 0.260 e. The summed E-state index contributed by atoms with van der Waals surface area (Å²) in [4.78, 5) is 25.1. The lowest BCUT2D eigenvalue weighted by atomic mass is 10.1. The Hall–Kier alpha value is -2.43. The molecule has 0 spiro atoms. The summed E-state index contributed by atoms with van der Waals surface area (Å²) in [6.07, 6.45) is 1.72. The fourth-order valence-corrected chi connectivity index (χ4v) is 2.52. The van der Waals surface area contributed by atoms with E-state index in [1.807, 2.05) is 50.1 Å². The highest BCUT2D eigenvalue weighted by atomic mass is 16.2. The van der Waals surface area contributed by atoms with Crippen LogP contribution in [0.25, 0.3) is 0 Å². The lowest BCUT2D eigenvalue weighted by molar-refractivity contribution is 0.0989. The Bertz CT molecular complexity index is 683. The molecule has 1 aliphatic heterocycles. The summed E-state index contributed by atoms with van der Waals surface area (Å²) in [6, 6.07) is 7.60. The van der Waals surface area contributed by atoms with Gasteiger partial charge in [-0.15, -0.1) is 0 Å². The van der Waals surface area contributed by atoms with Crippen LogP contribution in [-0.4, -0.2) is 29.5 Å². The summed E-state index contributed by atoms with van der Waals surface area (Å²) >= 11 is 0. The molecule has 2 aromatic rings. The van der Waals surface area contributed by atoms with Crippen LogP contribution in [0.3, 0.4) is 0 Å². The van der Waals surface area contributed by atoms with Crippen molar-refractivity contribution in [2.24, 2.45) is 0 Å². The average molecular weight is 268 g/mol. The van der Waals surface area contributed by atoms with Gasteiger partial charge in [0.05, 0.1) is 17.4 Å². The van der Waals surface area contributed by atoms with Gasteiger partial charge in [-0.2, -0.15) is 0 Å². The lowest BCUT2D eigenvalue weighted by Gasteiger charge is -2.22. The maximum atomic E-state index is 12.7. The van der Waals surface area contributed by atoms with Crippen LogP contribution in [0, 0.1) is 6.92 Å². The number of fused-ring (bicyclic) bond motifs is 2. The molecule has 0 N–H and O–H groups in total. The molecule has 0 aliphatic carbocycles. The number of anilines is 3. The molecule has 0 radical (unpaired) electrons. The Morgan fingerprint density at radius 1 is 1.20 bits per heavy atom. The highest BCUT2D eigenvalue weighted by Crippen LogP contribution is 2.37. The molecule has 0 saturated carbocycles. The fourth-order valence-electron chi connectivity index (χ4n) is 2.52. The first kappa shape index (κ1) is 12.6. The van der Waals surface area contributed by atoms with Gasteiger partial charge >= 0.3 is 0 Å². The van der Waals surface area contributed by atoms with Crippen LogP contribution in [0.5, 0.6) is 0 Å². The van der Waals surface area contributed by atoms with Crippen LogP contribution in [0.2, 0.25) is 0 Å². The monoisotopic (exact) mass is 268 g/mol. The molecular formula is C15H16N4O. The van der Waals surface area contributed by atoms with E-state index >= 15 is 0 Å². The number of carbonyl (C=O) groups is 1. The third-order valence-corrected chi connectivity index (χ3v) is 3.54. The second-order valence-electron chi connectivity index (χ2n) is 4.75. The maximum Gasteiger partial charge on any atom is 0.260 e. The van der Waals surface area contributed by atoms with Gasteiger partial charge in [-0.05, 0) is 26.0 Å². The van der Waals surface area contributed by atoms with Gasteiger partial charge in [0.15, 0.2) is 5.82 Å². The van der Waals surface area contributed by atoms with E-state index in [9.17, 15) is 4.79 Å². The molecular weight excluding hydrogens is 252 g/mol. The number of carbonyl (C=O) groups excluding carboxylic acids is 1. The SMILES string of the molecule is CCN1C(=O)c2ccccc2N(C)c2nc(C)ncc21. The van der Waals surface area contributed by atoms with Crippen molar-refractivity contribution in [1.29, 1.82) is 0 Å². The van der Waals surface area contributed by atoms with Gasteiger partial charge in [0.2, 0.25) is 0 Å². The van der Waals surface area contributed by atoms with Crippen LogP contribution in [0.1, 0.15) is 23.1 Å². The fraction of sp³-hybridized carbons (Fsp3) is 0.267.